The number of amides is 1. The van der Waals surface area contributed by atoms with Crippen LogP contribution >= 0.6 is 0 Å². The summed E-state index contributed by atoms with van der Waals surface area (Å²) in [5.74, 6) is 3.11. The van der Waals surface area contributed by atoms with Crippen molar-refractivity contribution in [2.24, 2.45) is 0 Å². The molecule has 8 nitrogen and oxygen atoms in total. The van der Waals surface area contributed by atoms with Crippen molar-refractivity contribution >= 4 is 40.1 Å². The average Bonchev–Trinajstić information content (AvgIpc) is 2.71. The minimum absolute atomic E-state index is 0.229. The summed E-state index contributed by atoms with van der Waals surface area (Å²) in [6.45, 7) is 3.33. The maximum absolute atomic E-state index is 11.4. The highest BCUT2D eigenvalue weighted by molar-refractivity contribution is 5.91. The highest BCUT2D eigenvalue weighted by Gasteiger charge is 2.09. The van der Waals surface area contributed by atoms with E-state index in [4.69, 9.17) is 6.42 Å². The van der Waals surface area contributed by atoms with Gasteiger partial charge < -0.3 is 20.4 Å². The van der Waals surface area contributed by atoms with Crippen LogP contribution in [0.25, 0.3) is 11.0 Å². The van der Waals surface area contributed by atoms with Crippen LogP contribution in [-0.4, -0.2) is 60.0 Å². The van der Waals surface area contributed by atoms with E-state index in [9.17, 15) is 4.79 Å². The molecule has 2 heterocycles. The number of carbonyl (C=O) groups is 1. The van der Waals surface area contributed by atoms with E-state index in [1.54, 1.807) is 12.3 Å². The van der Waals surface area contributed by atoms with Crippen LogP contribution in [0.1, 0.15) is 12.5 Å². The van der Waals surface area contributed by atoms with E-state index in [0.29, 0.717) is 28.4 Å². The molecule has 1 aromatic carbocycles. The molecule has 0 bridgehead atoms. The average molecular weight is 403 g/mol. The van der Waals surface area contributed by atoms with Crippen LogP contribution in [0.3, 0.4) is 0 Å². The van der Waals surface area contributed by atoms with Crippen molar-refractivity contribution in [3.05, 3.63) is 42.1 Å². The van der Waals surface area contributed by atoms with Gasteiger partial charge in [0.15, 0.2) is 5.65 Å². The monoisotopic (exact) mass is 403 g/mol. The first-order valence-corrected chi connectivity index (χ1v) is 9.50. The van der Waals surface area contributed by atoms with E-state index in [1.165, 1.54) is 6.92 Å². The molecule has 2 N–H and O–H groups in total. The maximum atomic E-state index is 11.4. The molecule has 1 amide bonds. The lowest BCUT2D eigenvalue weighted by molar-refractivity contribution is -0.114. The number of nitrogens with zero attached hydrogens (tertiary/aromatic N) is 5. The fraction of sp³-hybridized carbons (Fsp3) is 0.273. The summed E-state index contributed by atoms with van der Waals surface area (Å²) in [6.07, 6.45) is 7.22. The Kier molecular flexibility index (Phi) is 6.45. The molecule has 0 aliphatic carbocycles. The Labute approximate surface area is 176 Å². The van der Waals surface area contributed by atoms with Gasteiger partial charge >= 0.3 is 0 Å². The van der Waals surface area contributed by atoms with E-state index in [0.717, 1.165) is 24.5 Å². The van der Waals surface area contributed by atoms with Crippen molar-refractivity contribution < 1.29 is 4.79 Å². The van der Waals surface area contributed by atoms with Crippen molar-refractivity contribution in [3.8, 4) is 12.3 Å². The van der Waals surface area contributed by atoms with Gasteiger partial charge in [0.25, 0.3) is 0 Å². The third-order valence-corrected chi connectivity index (χ3v) is 4.47. The lowest BCUT2D eigenvalue weighted by Crippen LogP contribution is -2.28. The van der Waals surface area contributed by atoms with Crippen LogP contribution in [0, 0.1) is 12.3 Å². The molecule has 0 fully saturated rings. The Bertz CT molecular complexity index is 1090. The van der Waals surface area contributed by atoms with Crippen molar-refractivity contribution in [3.63, 3.8) is 0 Å². The fourth-order valence-electron chi connectivity index (χ4n) is 2.84. The van der Waals surface area contributed by atoms with Crippen LogP contribution in [0.2, 0.25) is 0 Å². The van der Waals surface area contributed by atoms with Gasteiger partial charge in [0.05, 0.1) is 5.39 Å². The number of aromatic nitrogens is 3. The van der Waals surface area contributed by atoms with Crippen molar-refractivity contribution in [2.45, 2.75) is 6.92 Å². The SMILES string of the molecule is C#Cc1cc(NC(C)=O)nc2nc(Nc3ccc(N(C)CCN(C)C)cc3)ncc12. The molecule has 0 saturated heterocycles. The predicted molar refractivity (Wildman–Crippen MR) is 121 cm³/mol. The summed E-state index contributed by atoms with van der Waals surface area (Å²) in [4.78, 5) is 28.9. The number of likely N-dealkylation sites (N-methyl/N-ethyl adjacent to an activating group) is 2. The number of benzene rings is 1. The van der Waals surface area contributed by atoms with Crippen LogP contribution in [-0.2, 0) is 4.79 Å². The van der Waals surface area contributed by atoms with Crippen molar-refractivity contribution in [2.75, 3.05) is 49.8 Å². The molecule has 0 unspecified atom stereocenters. The van der Waals surface area contributed by atoms with Crippen LogP contribution in [0.4, 0.5) is 23.1 Å². The molecule has 8 heteroatoms. The smallest absolute Gasteiger partial charge is 0.229 e. The zero-order valence-corrected chi connectivity index (χ0v) is 17.6. The lowest BCUT2D eigenvalue weighted by Gasteiger charge is -2.21. The number of carbonyl (C=O) groups excluding carboxylic acids is 1. The zero-order valence-electron chi connectivity index (χ0n) is 17.6. The molecule has 0 saturated carbocycles. The number of hydrogen-bond acceptors (Lipinski definition) is 7. The van der Waals surface area contributed by atoms with E-state index in [-0.39, 0.29) is 5.91 Å². The lowest BCUT2D eigenvalue weighted by atomic mass is 10.2. The van der Waals surface area contributed by atoms with Gasteiger partial charge in [-0.3, -0.25) is 4.79 Å². The van der Waals surface area contributed by atoms with Crippen molar-refractivity contribution in [1.29, 1.82) is 0 Å². The number of rotatable bonds is 7. The van der Waals surface area contributed by atoms with Gasteiger partial charge in [0.1, 0.15) is 5.82 Å². The molecule has 0 spiro atoms. The van der Waals surface area contributed by atoms with Crippen LogP contribution in [0.15, 0.2) is 36.5 Å². The maximum Gasteiger partial charge on any atom is 0.229 e. The normalized spacial score (nSPS) is 10.7. The highest BCUT2D eigenvalue weighted by atomic mass is 16.1. The third-order valence-electron chi connectivity index (χ3n) is 4.47. The molecule has 3 rings (SSSR count). The highest BCUT2D eigenvalue weighted by Crippen LogP contribution is 2.22. The number of nitrogens with one attached hydrogen (secondary N) is 2. The third kappa shape index (κ3) is 5.21. The molecule has 0 radical (unpaired) electrons. The zero-order chi connectivity index (χ0) is 21.7. The molecule has 0 aliphatic heterocycles. The Morgan fingerprint density at radius 2 is 1.87 bits per heavy atom. The van der Waals surface area contributed by atoms with E-state index < -0.39 is 0 Å². The Hall–Kier alpha value is -3.70. The first kappa shape index (κ1) is 21.0. The second-order valence-electron chi connectivity index (χ2n) is 7.21. The summed E-state index contributed by atoms with van der Waals surface area (Å²) < 4.78 is 0. The molecule has 30 heavy (non-hydrogen) atoms. The molecule has 0 atom stereocenters. The number of anilines is 4. The van der Waals surface area contributed by atoms with E-state index in [1.807, 2.05) is 24.3 Å². The quantitative estimate of drug-likeness (QED) is 0.587. The van der Waals surface area contributed by atoms with Gasteiger partial charge in [-0.15, -0.1) is 6.42 Å². The van der Waals surface area contributed by atoms with Gasteiger partial charge in [-0.25, -0.2) is 9.97 Å². The molecular weight excluding hydrogens is 378 g/mol. The summed E-state index contributed by atoms with van der Waals surface area (Å²) in [5, 5.41) is 6.47. The van der Waals surface area contributed by atoms with Crippen LogP contribution in [0.5, 0.6) is 0 Å². The molecular formula is C22H25N7O. The van der Waals surface area contributed by atoms with E-state index in [2.05, 4.69) is 62.4 Å². The first-order valence-electron chi connectivity index (χ1n) is 9.50. The van der Waals surface area contributed by atoms with E-state index >= 15 is 0 Å². The number of fused-ring (bicyclic) bond motifs is 1. The topological polar surface area (TPSA) is 86.3 Å². The van der Waals surface area contributed by atoms with Gasteiger partial charge in [0.2, 0.25) is 11.9 Å². The summed E-state index contributed by atoms with van der Waals surface area (Å²) in [7, 11) is 6.19. The van der Waals surface area contributed by atoms with Crippen molar-refractivity contribution in [1.82, 2.24) is 19.9 Å². The minimum Gasteiger partial charge on any atom is -0.373 e. The van der Waals surface area contributed by atoms with Gasteiger partial charge in [-0.2, -0.15) is 4.98 Å². The number of pyridine rings is 1. The Balaban J connectivity index is 1.80. The summed E-state index contributed by atoms with van der Waals surface area (Å²) in [5.41, 5.74) is 2.96. The van der Waals surface area contributed by atoms with Gasteiger partial charge in [-0.05, 0) is 44.4 Å². The predicted octanol–water partition coefficient (Wildman–Crippen LogP) is 2.71. The molecule has 0 aliphatic rings. The number of terminal acetylenes is 1. The molecule has 2 aromatic heterocycles. The Morgan fingerprint density at radius 3 is 2.50 bits per heavy atom. The Morgan fingerprint density at radius 1 is 1.13 bits per heavy atom. The second-order valence-corrected chi connectivity index (χ2v) is 7.21. The number of hydrogen-bond donors (Lipinski definition) is 2. The standard InChI is InChI=1S/C22H25N7O/c1-6-16-13-20(24-15(2)30)26-21-19(16)14-23-22(27-21)25-17-7-9-18(10-8-17)29(5)12-11-28(3)4/h1,7-10,13-14H,11-12H2,2-5H3,(H2,23,24,25,26,27,30). The molecule has 3 aromatic rings. The fourth-order valence-corrected chi connectivity index (χ4v) is 2.84. The largest absolute Gasteiger partial charge is 0.373 e. The second kappa shape index (κ2) is 9.20. The van der Waals surface area contributed by atoms with Crippen LogP contribution < -0.4 is 15.5 Å². The minimum atomic E-state index is -0.229. The summed E-state index contributed by atoms with van der Waals surface area (Å²) in [6, 6.07) is 9.67. The molecule has 154 valence electrons. The van der Waals surface area contributed by atoms with Gasteiger partial charge in [-0.1, -0.05) is 5.92 Å². The van der Waals surface area contributed by atoms with Gasteiger partial charge in [0, 0.05) is 50.2 Å². The first-order chi connectivity index (χ1) is 14.4. The summed E-state index contributed by atoms with van der Waals surface area (Å²) >= 11 is 0.